The summed E-state index contributed by atoms with van der Waals surface area (Å²) in [6, 6.07) is 10.7. The molecule has 2 aliphatic rings. The van der Waals surface area contributed by atoms with Gasteiger partial charge in [0.2, 0.25) is 0 Å². The quantitative estimate of drug-likeness (QED) is 0.670. The summed E-state index contributed by atoms with van der Waals surface area (Å²) in [4.78, 5) is 22.6. The van der Waals surface area contributed by atoms with Crippen LogP contribution < -0.4 is 4.90 Å². The summed E-state index contributed by atoms with van der Waals surface area (Å²) in [5.74, 6) is 0.171. The number of anilines is 1. The fraction of sp³-hybridized carbons (Fsp3) is 0.360. The zero-order chi connectivity index (χ0) is 20.7. The molecular formula is C25H28N4O. The molecule has 3 heterocycles. The molecule has 0 saturated carbocycles. The molecule has 30 heavy (non-hydrogen) atoms. The van der Waals surface area contributed by atoms with Crippen LogP contribution in [0, 0.1) is 6.92 Å². The van der Waals surface area contributed by atoms with E-state index in [-0.39, 0.29) is 5.78 Å². The van der Waals surface area contributed by atoms with E-state index in [0.717, 1.165) is 61.6 Å². The Bertz CT molecular complexity index is 1140. The fourth-order valence-electron chi connectivity index (χ4n) is 4.54. The number of hydrogen-bond donors (Lipinski definition) is 0. The van der Waals surface area contributed by atoms with Crippen LogP contribution >= 0.6 is 0 Å². The van der Waals surface area contributed by atoms with Gasteiger partial charge >= 0.3 is 0 Å². The maximum atomic E-state index is 12.9. The number of carbonyl (C=O) groups excluding carboxylic acids is 1. The number of carbonyl (C=O) groups is 1. The number of pyridine rings is 1. The van der Waals surface area contributed by atoms with Crippen LogP contribution in [0.5, 0.6) is 0 Å². The highest BCUT2D eigenvalue weighted by atomic mass is 16.1. The Hall–Kier alpha value is -2.92. The van der Waals surface area contributed by atoms with Gasteiger partial charge in [0, 0.05) is 56.3 Å². The van der Waals surface area contributed by atoms with Gasteiger partial charge in [-0.2, -0.15) is 0 Å². The van der Waals surface area contributed by atoms with E-state index < -0.39 is 0 Å². The van der Waals surface area contributed by atoms with Crippen LogP contribution in [0.2, 0.25) is 0 Å². The van der Waals surface area contributed by atoms with Crippen LogP contribution in [0.3, 0.4) is 0 Å². The zero-order valence-electron chi connectivity index (χ0n) is 17.8. The van der Waals surface area contributed by atoms with Crippen LogP contribution in [-0.4, -0.2) is 52.8 Å². The Morgan fingerprint density at radius 2 is 1.83 bits per heavy atom. The van der Waals surface area contributed by atoms with Crippen molar-refractivity contribution >= 4 is 28.8 Å². The van der Waals surface area contributed by atoms with E-state index >= 15 is 0 Å². The van der Waals surface area contributed by atoms with Crippen LogP contribution in [0.4, 0.5) is 5.69 Å². The highest BCUT2D eigenvalue weighted by molar-refractivity contribution is 6.25. The van der Waals surface area contributed by atoms with Crippen LogP contribution in [0.1, 0.15) is 35.7 Å². The van der Waals surface area contributed by atoms with Crippen LogP contribution in [-0.2, 0) is 11.2 Å². The van der Waals surface area contributed by atoms with E-state index in [1.165, 1.54) is 16.8 Å². The van der Waals surface area contributed by atoms with Crippen molar-refractivity contribution in [2.24, 2.45) is 0 Å². The molecule has 5 rings (SSSR count). The Morgan fingerprint density at radius 1 is 1.00 bits per heavy atom. The molecule has 0 spiro atoms. The van der Waals surface area contributed by atoms with Gasteiger partial charge in [0.1, 0.15) is 5.65 Å². The molecule has 5 heteroatoms. The molecule has 3 aromatic rings. The van der Waals surface area contributed by atoms with Crippen LogP contribution in [0.25, 0.3) is 17.3 Å². The van der Waals surface area contributed by atoms with Gasteiger partial charge in [-0.15, -0.1) is 0 Å². The molecule has 1 saturated heterocycles. The average molecular weight is 401 g/mol. The second-order valence-corrected chi connectivity index (χ2v) is 8.38. The van der Waals surface area contributed by atoms with Crippen molar-refractivity contribution in [2.75, 3.05) is 37.6 Å². The maximum absolute atomic E-state index is 12.9. The summed E-state index contributed by atoms with van der Waals surface area (Å²) >= 11 is 0. The van der Waals surface area contributed by atoms with Gasteiger partial charge in [-0.3, -0.25) is 4.79 Å². The van der Waals surface area contributed by atoms with Crippen molar-refractivity contribution in [3.8, 4) is 0 Å². The number of Topliss-reactive ketones (excluding diaryl/α,β-unsaturated/α-hetero) is 1. The Labute approximate surface area is 177 Å². The lowest BCUT2D eigenvalue weighted by Crippen LogP contribution is -2.46. The molecule has 1 fully saturated rings. The second-order valence-electron chi connectivity index (χ2n) is 8.38. The standard InChI is InChI=1S/C25H28N4O/c1-3-27-10-12-28(13-11-27)21-7-5-20-15-22(24(30)8-6-19(20)14-21)23-17-29-16-18(2)4-9-25(29)26-23/h4-5,7,9,14-17H,3,6,8,10-13H2,1-2H3. The molecule has 154 valence electrons. The number of aryl methyl sites for hydroxylation is 2. The minimum absolute atomic E-state index is 0.171. The third-order valence-electron chi connectivity index (χ3n) is 6.41. The van der Waals surface area contributed by atoms with Crippen molar-refractivity contribution in [3.63, 3.8) is 0 Å². The summed E-state index contributed by atoms with van der Waals surface area (Å²) < 4.78 is 2.00. The first-order valence-corrected chi connectivity index (χ1v) is 10.9. The Kier molecular flexibility index (Phi) is 4.91. The van der Waals surface area contributed by atoms with Gasteiger partial charge in [0.15, 0.2) is 5.78 Å². The molecule has 0 bridgehead atoms. The number of likely N-dealkylation sites (N-methyl/N-ethyl adjacent to an activating group) is 1. The molecule has 2 aromatic heterocycles. The SMILES string of the molecule is CCN1CCN(c2ccc3c(c2)CCC(=O)C(c2cn4cc(C)ccc4n2)=C3)CC1. The lowest BCUT2D eigenvalue weighted by molar-refractivity contribution is -0.113. The summed E-state index contributed by atoms with van der Waals surface area (Å²) in [5, 5.41) is 0. The highest BCUT2D eigenvalue weighted by Crippen LogP contribution is 2.30. The molecule has 5 nitrogen and oxygen atoms in total. The monoisotopic (exact) mass is 400 g/mol. The van der Waals surface area contributed by atoms with E-state index in [4.69, 9.17) is 4.98 Å². The summed E-state index contributed by atoms with van der Waals surface area (Å²) in [6.45, 7) is 9.76. The number of piperazine rings is 1. The third-order valence-corrected chi connectivity index (χ3v) is 6.41. The molecule has 1 aliphatic heterocycles. The Morgan fingerprint density at radius 3 is 2.63 bits per heavy atom. The molecule has 0 atom stereocenters. The smallest absolute Gasteiger partial charge is 0.165 e. The predicted molar refractivity (Wildman–Crippen MR) is 122 cm³/mol. The summed E-state index contributed by atoms with van der Waals surface area (Å²) in [6.07, 6.45) is 7.37. The van der Waals surface area contributed by atoms with Gasteiger partial charge in [-0.1, -0.05) is 19.1 Å². The number of ketones is 1. The molecule has 0 amide bonds. The maximum Gasteiger partial charge on any atom is 0.165 e. The lowest BCUT2D eigenvalue weighted by atomic mass is 10.0. The Balaban J connectivity index is 1.46. The molecule has 0 unspecified atom stereocenters. The number of rotatable bonds is 3. The highest BCUT2D eigenvalue weighted by Gasteiger charge is 2.22. The van der Waals surface area contributed by atoms with Gasteiger partial charge in [-0.25, -0.2) is 4.98 Å². The topological polar surface area (TPSA) is 40.9 Å². The normalized spacial score (nSPS) is 17.7. The molecule has 1 aliphatic carbocycles. The number of benzene rings is 1. The van der Waals surface area contributed by atoms with E-state index in [1.54, 1.807) is 0 Å². The van der Waals surface area contributed by atoms with Gasteiger partial charge in [0.25, 0.3) is 0 Å². The molecular weight excluding hydrogens is 372 g/mol. The first kappa shape index (κ1) is 19.1. The van der Waals surface area contributed by atoms with E-state index in [0.29, 0.717) is 6.42 Å². The first-order chi connectivity index (χ1) is 14.6. The summed E-state index contributed by atoms with van der Waals surface area (Å²) in [5.41, 5.74) is 7.20. The summed E-state index contributed by atoms with van der Waals surface area (Å²) in [7, 11) is 0. The van der Waals surface area contributed by atoms with Crippen LogP contribution in [0.15, 0.2) is 42.7 Å². The van der Waals surface area contributed by atoms with Gasteiger partial charge < -0.3 is 14.2 Å². The van der Waals surface area contributed by atoms with E-state index in [9.17, 15) is 4.79 Å². The van der Waals surface area contributed by atoms with E-state index in [2.05, 4.69) is 41.8 Å². The first-order valence-electron chi connectivity index (χ1n) is 10.9. The zero-order valence-corrected chi connectivity index (χ0v) is 17.8. The van der Waals surface area contributed by atoms with Crippen molar-refractivity contribution in [2.45, 2.75) is 26.7 Å². The molecule has 1 aromatic carbocycles. The minimum Gasteiger partial charge on any atom is -0.369 e. The fourth-order valence-corrected chi connectivity index (χ4v) is 4.54. The number of allylic oxidation sites excluding steroid dienone is 1. The van der Waals surface area contributed by atoms with Crippen molar-refractivity contribution in [1.29, 1.82) is 0 Å². The van der Waals surface area contributed by atoms with Crippen molar-refractivity contribution in [3.05, 3.63) is 65.1 Å². The number of fused-ring (bicyclic) bond motifs is 2. The van der Waals surface area contributed by atoms with Gasteiger partial charge in [-0.05, 0) is 60.9 Å². The predicted octanol–water partition coefficient (Wildman–Crippen LogP) is 3.84. The largest absolute Gasteiger partial charge is 0.369 e. The molecule has 0 N–H and O–H groups in total. The third kappa shape index (κ3) is 3.54. The number of aromatic nitrogens is 2. The number of imidazole rings is 1. The molecule has 0 radical (unpaired) electrons. The minimum atomic E-state index is 0.171. The van der Waals surface area contributed by atoms with Crippen molar-refractivity contribution in [1.82, 2.24) is 14.3 Å². The van der Waals surface area contributed by atoms with Crippen molar-refractivity contribution < 1.29 is 4.79 Å². The average Bonchev–Trinajstić information content (AvgIpc) is 3.11. The number of nitrogens with zero attached hydrogens (tertiary/aromatic N) is 4. The second kappa shape index (κ2) is 7.73. The lowest BCUT2D eigenvalue weighted by Gasteiger charge is -2.35. The van der Waals surface area contributed by atoms with E-state index in [1.807, 2.05) is 35.0 Å². The number of hydrogen-bond acceptors (Lipinski definition) is 4. The van der Waals surface area contributed by atoms with Gasteiger partial charge in [0.05, 0.1) is 5.69 Å².